The Hall–Kier alpha value is -2.72. The predicted molar refractivity (Wildman–Crippen MR) is 273 cm³/mol. The van der Waals surface area contributed by atoms with E-state index in [0.29, 0.717) is 0 Å². The molecule has 0 atom stereocenters. The van der Waals surface area contributed by atoms with E-state index in [4.69, 9.17) is 0 Å². The second-order valence-electron chi connectivity index (χ2n) is 18.8. The molecule has 0 radical (unpaired) electrons. The fourth-order valence-corrected chi connectivity index (χ4v) is 15.9. The monoisotopic (exact) mass is 942 g/mol. The molecule has 318 valence electrons. The van der Waals surface area contributed by atoms with Gasteiger partial charge in [-0.25, -0.2) is 0 Å². The zero-order chi connectivity index (χ0) is 42.2. The lowest BCUT2D eigenvalue weighted by atomic mass is 9.70. The van der Waals surface area contributed by atoms with Crippen molar-refractivity contribution in [3.05, 3.63) is 134 Å². The van der Waals surface area contributed by atoms with Gasteiger partial charge in [0.25, 0.3) is 0 Å². The number of hydrogen-bond donors (Lipinski definition) is 0. The summed E-state index contributed by atoms with van der Waals surface area (Å²) in [7, 11) is -2.51. The molecule has 0 aromatic heterocycles. The van der Waals surface area contributed by atoms with Crippen LogP contribution in [0.25, 0.3) is 22.3 Å². The van der Waals surface area contributed by atoms with Crippen molar-refractivity contribution in [3.63, 3.8) is 0 Å². The minimum Gasteiger partial charge on any atom is -0.0654 e. The average molecular weight is 945 g/mol. The largest absolute Gasteiger partial charge is 0.145 e. The second-order valence-corrected chi connectivity index (χ2v) is 24.6. The first-order valence-corrected chi connectivity index (χ1v) is 28.3. The Bertz CT molecular complexity index is 2030. The SMILES string of the molecule is CCCCCCC1(CCCCCC)c2cc(Br)ccc2-c2ccc([Si](C)(c3ccccc3)c3ccc4c(c3)C(CCCCCC)(CCCCCC)c3cc(Br)ccc3-4)cc21. The van der Waals surface area contributed by atoms with Crippen molar-refractivity contribution in [2.24, 2.45) is 0 Å². The van der Waals surface area contributed by atoms with Gasteiger partial charge in [-0.05, 0) is 110 Å². The highest BCUT2D eigenvalue weighted by Gasteiger charge is 2.46. The fourth-order valence-electron chi connectivity index (χ4n) is 11.6. The highest BCUT2D eigenvalue weighted by Crippen LogP contribution is 2.56. The van der Waals surface area contributed by atoms with Crippen LogP contribution in [0, 0.1) is 0 Å². The van der Waals surface area contributed by atoms with Gasteiger partial charge < -0.3 is 0 Å². The Morgan fingerprint density at radius 3 is 1.05 bits per heavy atom. The summed E-state index contributed by atoms with van der Waals surface area (Å²) >= 11 is 7.91. The standard InChI is InChI=1S/C57H72Br2Si/c1-6-10-14-21-35-56(36-22-15-11-7-2)52-39-43(58)27-31-48(52)50-33-29-46(41-54(50)56)60(5,45-25-19-18-20-26-45)47-30-34-51-49-32-28-44(59)40-53(49)57(55(51)42-47,37-23-16-12-8-3)38-24-17-13-9-4/h18-20,25-34,39-42H,6-17,21-24,35-38H2,1-5H3. The quantitative estimate of drug-likeness (QED) is 0.0348. The lowest BCUT2D eigenvalue weighted by Gasteiger charge is -2.36. The number of fused-ring (bicyclic) bond motifs is 6. The summed E-state index contributed by atoms with van der Waals surface area (Å²) in [6, 6.07) is 41.9. The molecule has 60 heavy (non-hydrogen) atoms. The van der Waals surface area contributed by atoms with Gasteiger partial charge in [-0.1, -0.05) is 248 Å². The topological polar surface area (TPSA) is 0 Å². The fraction of sp³-hybridized carbons (Fsp3) is 0.474. The summed E-state index contributed by atoms with van der Waals surface area (Å²) in [5, 5.41) is 4.62. The van der Waals surface area contributed by atoms with Crippen LogP contribution < -0.4 is 15.6 Å². The van der Waals surface area contributed by atoms with Crippen LogP contribution in [0.15, 0.2) is 112 Å². The lowest BCUT2D eigenvalue weighted by molar-refractivity contribution is 0.401. The van der Waals surface area contributed by atoms with Crippen molar-refractivity contribution >= 4 is 55.5 Å². The molecule has 0 heterocycles. The van der Waals surface area contributed by atoms with E-state index in [1.807, 2.05) is 0 Å². The summed E-state index contributed by atoms with van der Waals surface area (Å²) in [5.74, 6) is 0. The highest BCUT2D eigenvalue weighted by molar-refractivity contribution is 9.10. The molecule has 5 aromatic rings. The maximum Gasteiger partial charge on any atom is 0.145 e. The summed E-state index contributed by atoms with van der Waals surface area (Å²) in [6.07, 6.45) is 25.7. The number of hydrogen-bond acceptors (Lipinski definition) is 0. The average Bonchev–Trinajstić information content (AvgIpc) is 3.69. The Balaban J connectivity index is 1.42. The van der Waals surface area contributed by atoms with Crippen LogP contribution in [0.2, 0.25) is 6.55 Å². The van der Waals surface area contributed by atoms with Gasteiger partial charge in [0, 0.05) is 19.8 Å². The van der Waals surface area contributed by atoms with Gasteiger partial charge in [0.05, 0.1) is 0 Å². The molecule has 0 amide bonds. The van der Waals surface area contributed by atoms with Crippen molar-refractivity contribution in [1.82, 2.24) is 0 Å². The molecule has 0 saturated heterocycles. The van der Waals surface area contributed by atoms with Gasteiger partial charge in [0.15, 0.2) is 0 Å². The van der Waals surface area contributed by atoms with E-state index >= 15 is 0 Å². The summed E-state index contributed by atoms with van der Waals surface area (Å²) in [5.41, 5.74) is 12.3. The minimum atomic E-state index is -2.51. The van der Waals surface area contributed by atoms with E-state index in [2.05, 4.69) is 169 Å². The molecule has 0 saturated carbocycles. The smallest absolute Gasteiger partial charge is 0.0654 e. The normalized spacial score (nSPS) is 14.5. The maximum absolute atomic E-state index is 3.95. The van der Waals surface area contributed by atoms with E-state index < -0.39 is 8.07 Å². The number of benzene rings is 5. The lowest BCUT2D eigenvalue weighted by Crippen LogP contribution is -2.65. The van der Waals surface area contributed by atoms with E-state index in [1.54, 1.807) is 32.6 Å². The minimum absolute atomic E-state index is 0.0387. The Kier molecular flexibility index (Phi) is 15.6. The number of unbranched alkanes of at least 4 members (excludes halogenated alkanes) is 12. The van der Waals surface area contributed by atoms with E-state index in [-0.39, 0.29) is 10.8 Å². The molecule has 3 heteroatoms. The first-order chi connectivity index (χ1) is 29.3. The molecular formula is C57H72Br2Si. The molecule has 0 aliphatic heterocycles. The molecule has 2 aliphatic carbocycles. The molecule has 0 spiro atoms. The second kappa shape index (κ2) is 20.6. The van der Waals surface area contributed by atoms with Crippen LogP contribution in [-0.2, 0) is 10.8 Å². The van der Waals surface area contributed by atoms with Crippen LogP contribution in [0.3, 0.4) is 0 Å². The Morgan fingerprint density at radius 1 is 0.367 bits per heavy atom. The summed E-state index contributed by atoms with van der Waals surface area (Å²) < 4.78 is 2.42. The Morgan fingerprint density at radius 2 is 0.700 bits per heavy atom. The van der Waals surface area contributed by atoms with Crippen molar-refractivity contribution in [2.75, 3.05) is 0 Å². The van der Waals surface area contributed by atoms with Crippen LogP contribution in [0.5, 0.6) is 0 Å². The third-order valence-electron chi connectivity index (χ3n) is 15.0. The molecule has 0 nitrogen and oxygen atoms in total. The van der Waals surface area contributed by atoms with Crippen molar-refractivity contribution in [1.29, 1.82) is 0 Å². The zero-order valence-electron chi connectivity index (χ0n) is 37.7. The van der Waals surface area contributed by atoms with Gasteiger partial charge in [-0.2, -0.15) is 0 Å². The molecule has 2 aliphatic rings. The van der Waals surface area contributed by atoms with E-state index in [9.17, 15) is 0 Å². The van der Waals surface area contributed by atoms with E-state index in [1.165, 1.54) is 165 Å². The first kappa shape index (κ1) is 45.3. The van der Waals surface area contributed by atoms with Crippen molar-refractivity contribution in [3.8, 4) is 22.3 Å². The van der Waals surface area contributed by atoms with Crippen LogP contribution in [0.1, 0.15) is 178 Å². The van der Waals surface area contributed by atoms with E-state index in [0.717, 1.165) is 0 Å². The molecule has 0 bridgehead atoms. The van der Waals surface area contributed by atoms with Crippen molar-refractivity contribution < 1.29 is 0 Å². The zero-order valence-corrected chi connectivity index (χ0v) is 41.9. The van der Waals surface area contributed by atoms with Gasteiger partial charge in [0.1, 0.15) is 8.07 Å². The van der Waals surface area contributed by atoms with Crippen LogP contribution in [0.4, 0.5) is 0 Å². The third kappa shape index (κ3) is 8.90. The van der Waals surface area contributed by atoms with Gasteiger partial charge in [-0.15, -0.1) is 0 Å². The van der Waals surface area contributed by atoms with Crippen LogP contribution >= 0.6 is 31.9 Å². The maximum atomic E-state index is 3.95. The molecule has 5 aromatic carbocycles. The van der Waals surface area contributed by atoms with Crippen LogP contribution in [-0.4, -0.2) is 8.07 Å². The molecular weight excluding hydrogens is 873 g/mol. The predicted octanol–water partition coefficient (Wildman–Crippen LogP) is 16.7. The van der Waals surface area contributed by atoms with Gasteiger partial charge in [-0.3, -0.25) is 0 Å². The highest BCUT2D eigenvalue weighted by atomic mass is 79.9. The summed E-state index contributed by atoms with van der Waals surface area (Å²) in [4.78, 5) is 0. The molecule has 0 N–H and O–H groups in total. The summed E-state index contributed by atoms with van der Waals surface area (Å²) in [6.45, 7) is 12.1. The first-order valence-electron chi connectivity index (χ1n) is 24.2. The van der Waals surface area contributed by atoms with Crippen molar-refractivity contribution in [2.45, 2.75) is 173 Å². The number of halogens is 2. The molecule has 0 fully saturated rings. The third-order valence-corrected chi connectivity index (χ3v) is 20.4. The molecule has 7 rings (SSSR count). The Labute approximate surface area is 383 Å². The number of rotatable bonds is 23. The van der Waals surface area contributed by atoms with Gasteiger partial charge in [0.2, 0.25) is 0 Å². The molecule has 0 unspecified atom stereocenters. The van der Waals surface area contributed by atoms with Gasteiger partial charge >= 0.3 is 0 Å².